The molecule has 0 aliphatic carbocycles. The Morgan fingerprint density at radius 3 is 2.81 bits per heavy atom. The van der Waals surface area contributed by atoms with Gasteiger partial charge in [-0.15, -0.1) is 0 Å². The lowest BCUT2D eigenvalue weighted by atomic mass is 10.4. The molecule has 3 heterocycles. The minimum Gasteiger partial charge on any atom is -0.333 e. The van der Waals surface area contributed by atoms with Crippen LogP contribution in [0, 0.1) is 6.92 Å². The molecule has 0 saturated heterocycles. The monoisotopic (exact) mass is 357 g/mol. The predicted molar refractivity (Wildman–Crippen MR) is 72.9 cm³/mol. The summed E-state index contributed by atoms with van der Waals surface area (Å²) < 4.78 is 33.4. The van der Waals surface area contributed by atoms with E-state index in [1.165, 1.54) is 0 Å². The van der Waals surface area contributed by atoms with Gasteiger partial charge < -0.3 is 9.09 Å². The van der Waals surface area contributed by atoms with Crippen molar-refractivity contribution in [2.75, 3.05) is 0 Å². The van der Waals surface area contributed by atoms with Crippen molar-refractivity contribution in [3.63, 3.8) is 0 Å². The Kier molecular flexibility index (Phi) is 3.23. The van der Waals surface area contributed by atoms with Gasteiger partial charge in [-0.25, -0.2) is 9.97 Å². The molecule has 3 rings (SSSR count). The van der Waals surface area contributed by atoms with E-state index in [0.717, 1.165) is 9.99 Å². The van der Waals surface area contributed by atoms with Gasteiger partial charge in [-0.05, 0) is 28.9 Å². The van der Waals surface area contributed by atoms with E-state index in [1.54, 1.807) is 17.7 Å². The first-order chi connectivity index (χ1) is 9.84. The van der Waals surface area contributed by atoms with E-state index in [0.29, 0.717) is 18.4 Å². The highest BCUT2D eigenvalue weighted by Crippen LogP contribution is 2.25. The van der Waals surface area contributed by atoms with Gasteiger partial charge in [0.1, 0.15) is 5.82 Å². The molecule has 0 fully saturated rings. The number of rotatable bonds is 3. The quantitative estimate of drug-likeness (QED) is 0.720. The molecule has 9 heteroatoms. The maximum Gasteiger partial charge on any atom is 0.322 e. The molecule has 3 aromatic rings. The van der Waals surface area contributed by atoms with Gasteiger partial charge in [-0.1, -0.05) is 5.16 Å². The van der Waals surface area contributed by atoms with E-state index in [-0.39, 0.29) is 12.4 Å². The van der Waals surface area contributed by atoms with Gasteiger partial charge in [0, 0.05) is 17.6 Å². The summed E-state index contributed by atoms with van der Waals surface area (Å²) in [6.07, 6.45) is 1.64. The molecule has 0 amide bonds. The summed E-state index contributed by atoms with van der Waals surface area (Å²) in [5.74, 6) is -3.00. The fraction of sp³-hybridized carbons (Fsp3) is 0.333. The first-order valence-electron chi connectivity index (χ1n) is 6.04. The molecule has 0 aliphatic heterocycles. The van der Waals surface area contributed by atoms with E-state index in [2.05, 4.69) is 40.6 Å². The molecule has 0 spiro atoms. The zero-order chi connectivity index (χ0) is 15.2. The Balaban J connectivity index is 2.00. The van der Waals surface area contributed by atoms with Crippen molar-refractivity contribution in [2.24, 2.45) is 0 Å². The third-order valence-electron chi connectivity index (χ3n) is 2.91. The van der Waals surface area contributed by atoms with Crippen LogP contribution < -0.4 is 0 Å². The van der Waals surface area contributed by atoms with Gasteiger partial charge in [0.25, 0.3) is 5.89 Å². The Labute approximate surface area is 126 Å². The van der Waals surface area contributed by atoms with Crippen molar-refractivity contribution in [2.45, 2.75) is 26.3 Å². The summed E-state index contributed by atoms with van der Waals surface area (Å²) in [4.78, 5) is 12.2. The molecule has 0 N–H and O–H groups in total. The average molecular weight is 358 g/mol. The van der Waals surface area contributed by atoms with Gasteiger partial charge in [0.05, 0.1) is 12.1 Å². The minimum atomic E-state index is -3.15. The summed E-state index contributed by atoms with van der Waals surface area (Å²) in [6.45, 7) is 2.69. The number of hydrogen-bond donors (Lipinski definition) is 0. The number of halogens is 3. The van der Waals surface area contributed by atoms with Gasteiger partial charge in [-0.2, -0.15) is 13.8 Å². The van der Waals surface area contributed by atoms with Crippen LogP contribution in [0.15, 0.2) is 21.3 Å². The van der Waals surface area contributed by atoms with Crippen molar-refractivity contribution in [3.05, 3.63) is 34.3 Å². The molecule has 0 radical (unpaired) electrons. The molecular formula is C12H10BrF2N5O. The number of imidazole rings is 1. The molecule has 0 unspecified atom stereocenters. The Morgan fingerprint density at radius 2 is 2.14 bits per heavy atom. The van der Waals surface area contributed by atoms with Gasteiger partial charge in [0.2, 0.25) is 0 Å². The highest BCUT2D eigenvalue weighted by Gasteiger charge is 2.32. The highest BCUT2D eigenvalue weighted by atomic mass is 79.9. The molecule has 0 atom stereocenters. The van der Waals surface area contributed by atoms with Gasteiger partial charge in [-0.3, -0.25) is 0 Å². The Hall–Kier alpha value is -1.90. The van der Waals surface area contributed by atoms with Crippen LogP contribution in [-0.2, 0) is 12.5 Å². The molecule has 0 aliphatic rings. The van der Waals surface area contributed by atoms with Crippen LogP contribution in [0.25, 0.3) is 11.2 Å². The summed E-state index contributed by atoms with van der Waals surface area (Å²) in [7, 11) is 0. The summed E-state index contributed by atoms with van der Waals surface area (Å²) in [6, 6.07) is 1.84. The van der Waals surface area contributed by atoms with Crippen molar-refractivity contribution in [1.82, 2.24) is 24.7 Å². The van der Waals surface area contributed by atoms with Crippen LogP contribution in [0.1, 0.15) is 24.5 Å². The van der Waals surface area contributed by atoms with E-state index >= 15 is 0 Å². The van der Waals surface area contributed by atoms with E-state index in [9.17, 15) is 8.78 Å². The molecule has 0 aromatic carbocycles. The van der Waals surface area contributed by atoms with Gasteiger partial charge >= 0.3 is 5.92 Å². The maximum atomic E-state index is 13.1. The first kappa shape index (κ1) is 14.1. The van der Waals surface area contributed by atoms with E-state index < -0.39 is 11.8 Å². The van der Waals surface area contributed by atoms with Crippen LogP contribution in [0.2, 0.25) is 0 Å². The Morgan fingerprint density at radius 1 is 1.38 bits per heavy atom. The second-order valence-corrected chi connectivity index (χ2v) is 5.56. The lowest BCUT2D eigenvalue weighted by molar-refractivity contribution is -0.0158. The molecular weight excluding hydrogens is 348 g/mol. The molecule has 0 saturated carbocycles. The van der Waals surface area contributed by atoms with Crippen molar-refractivity contribution in [1.29, 1.82) is 0 Å². The number of aryl methyl sites for hydroxylation is 1. The summed E-state index contributed by atoms with van der Waals surface area (Å²) in [5, 5.41) is 3.58. The third kappa shape index (κ3) is 2.65. The number of alkyl halides is 2. The molecule has 3 aromatic heterocycles. The fourth-order valence-electron chi connectivity index (χ4n) is 1.93. The zero-order valence-electron chi connectivity index (χ0n) is 11.1. The van der Waals surface area contributed by atoms with Crippen LogP contribution in [0.4, 0.5) is 8.78 Å². The molecule has 21 heavy (non-hydrogen) atoms. The normalized spacial score (nSPS) is 12.2. The summed E-state index contributed by atoms with van der Waals surface area (Å²) >= 11 is 3.34. The standard InChI is InChI=1S/C12H10BrF2N5O/c1-6-17-10-8(3-7(13)4-16-10)20(6)5-9-18-11(21-19-9)12(2,14)15/h3-4H,5H2,1-2H3. The SMILES string of the molecule is Cc1nc2ncc(Br)cc2n1Cc1noc(C(C)(F)F)n1. The number of hydrogen-bond acceptors (Lipinski definition) is 5. The van der Waals surface area contributed by atoms with Crippen molar-refractivity contribution < 1.29 is 13.3 Å². The topological polar surface area (TPSA) is 69.6 Å². The smallest absolute Gasteiger partial charge is 0.322 e. The fourth-order valence-corrected chi connectivity index (χ4v) is 2.25. The van der Waals surface area contributed by atoms with E-state index in [1.807, 2.05) is 6.07 Å². The lowest BCUT2D eigenvalue weighted by Crippen LogP contribution is -2.08. The first-order valence-corrected chi connectivity index (χ1v) is 6.83. The largest absolute Gasteiger partial charge is 0.333 e. The van der Waals surface area contributed by atoms with Crippen molar-refractivity contribution in [3.8, 4) is 0 Å². The van der Waals surface area contributed by atoms with Crippen LogP contribution in [0.5, 0.6) is 0 Å². The number of aromatic nitrogens is 5. The maximum absolute atomic E-state index is 13.1. The average Bonchev–Trinajstić information content (AvgIpc) is 2.96. The van der Waals surface area contributed by atoms with Crippen molar-refractivity contribution >= 4 is 27.1 Å². The van der Waals surface area contributed by atoms with Gasteiger partial charge in [0.15, 0.2) is 11.5 Å². The number of nitrogens with zero attached hydrogens (tertiary/aromatic N) is 5. The minimum absolute atomic E-state index is 0.161. The highest BCUT2D eigenvalue weighted by molar-refractivity contribution is 9.10. The number of fused-ring (bicyclic) bond motifs is 1. The predicted octanol–water partition coefficient (Wildman–Crippen LogP) is 3.05. The van der Waals surface area contributed by atoms with E-state index in [4.69, 9.17) is 0 Å². The third-order valence-corrected chi connectivity index (χ3v) is 3.34. The van der Waals surface area contributed by atoms with Crippen LogP contribution >= 0.6 is 15.9 Å². The van der Waals surface area contributed by atoms with Crippen LogP contribution in [-0.4, -0.2) is 24.7 Å². The number of pyridine rings is 1. The second kappa shape index (κ2) is 4.83. The van der Waals surface area contributed by atoms with Crippen LogP contribution in [0.3, 0.4) is 0 Å². The second-order valence-electron chi connectivity index (χ2n) is 4.65. The zero-order valence-corrected chi connectivity index (χ0v) is 12.7. The molecule has 110 valence electrons. The summed E-state index contributed by atoms with van der Waals surface area (Å²) in [5.41, 5.74) is 1.33. The molecule has 6 nitrogen and oxygen atoms in total. The lowest BCUT2D eigenvalue weighted by Gasteiger charge is -2.03. The Bertz CT molecular complexity index is 808. The molecule has 0 bridgehead atoms.